The van der Waals surface area contributed by atoms with Crippen LogP contribution in [0.3, 0.4) is 0 Å². The fourth-order valence-electron chi connectivity index (χ4n) is 3.58. The van der Waals surface area contributed by atoms with Crippen LogP contribution in [0.15, 0.2) is 42.5 Å². The second-order valence-corrected chi connectivity index (χ2v) is 7.22. The van der Waals surface area contributed by atoms with Gasteiger partial charge in [-0.3, -0.25) is 4.79 Å². The molecule has 5 nitrogen and oxygen atoms in total. The van der Waals surface area contributed by atoms with Gasteiger partial charge in [0, 0.05) is 31.9 Å². The van der Waals surface area contributed by atoms with Gasteiger partial charge in [0.15, 0.2) is 6.10 Å². The highest BCUT2D eigenvalue weighted by Gasteiger charge is 2.28. The van der Waals surface area contributed by atoms with Crippen LogP contribution in [0.4, 0.5) is 5.69 Å². The summed E-state index contributed by atoms with van der Waals surface area (Å²) < 4.78 is 11.1. The third-order valence-electron chi connectivity index (χ3n) is 5.49. The maximum Gasteiger partial charge on any atom is 0.263 e. The highest BCUT2D eigenvalue weighted by Crippen LogP contribution is 2.24. The van der Waals surface area contributed by atoms with E-state index in [2.05, 4.69) is 36.9 Å². The number of methoxy groups -OCH3 is 1. The first-order valence-electron chi connectivity index (χ1n) is 9.94. The quantitative estimate of drug-likeness (QED) is 0.762. The molecule has 1 saturated heterocycles. The van der Waals surface area contributed by atoms with Crippen molar-refractivity contribution in [2.75, 3.05) is 38.2 Å². The Hall–Kier alpha value is -2.69. The van der Waals surface area contributed by atoms with E-state index in [1.807, 2.05) is 36.1 Å². The van der Waals surface area contributed by atoms with Gasteiger partial charge in [0.1, 0.15) is 11.5 Å². The molecule has 0 radical (unpaired) electrons. The number of anilines is 1. The average molecular weight is 383 g/mol. The zero-order valence-electron chi connectivity index (χ0n) is 17.3. The number of aryl methyl sites for hydroxylation is 1. The summed E-state index contributed by atoms with van der Waals surface area (Å²) in [6.07, 6.45) is 0.183. The first-order valence-corrected chi connectivity index (χ1v) is 9.94. The molecule has 0 spiro atoms. The van der Waals surface area contributed by atoms with Crippen molar-refractivity contribution in [3.63, 3.8) is 0 Å². The molecule has 0 aliphatic carbocycles. The number of rotatable bonds is 6. The molecule has 0 saturated carbocycles. The number of hydrogen-bond donors (Lipinski definition) is 0. The summed E-state index contributed by atoms with van der Waals surface area (Å²) in [5.74, 6) is 1.53. The van der Waals surface area contributed by atoms with Gasteiger partial charge in [0.2, 0.25) is 0 Å². The Kier molecular flexibility index (Phi) is 6.45. The molecule has 0 bridgehead atoms. The van der Waals surface area contributed by atoms with E-state index in [1.165, 1.54) is 16.8 Å². The summed E-state index contributed by atoms with van der Waals surface area (Å²) in [7, 11) is 1.63. The van der Waals surface area contributed by atoms with Crippen molar-refractivity contribution in [2.45, 2.75) is 33.3 Å². The molecule has 28 heavy (non-hydrogen) atoms. The Bertz CT molecular complexity index is 796. The Balaban J connectivity index is 1.60. The number of hydrogen-bond acceptors (Lipinski definition) is 4. The minimum atomic E-state index is -0.458. The normalized spacial score (nSPS) is 15.3. The van der Waals surface area contributed by atoms with E-state index in [1.54, 1.807) is 7.11 Å². The molecular weight excluding hydrogens is 352 g/mol. The maximum absolute atomic E-state index is 13.0. The molecule has 0 aromatic heterocycles. The van der Waals surface area contributed by atoms with Crippen LogP contribution in [0.1, 0.15) is 24.5 Å². The molecule has 1 aliphatic heterocycles. The van der Waals surface area contributed by atoms with Crippen LogP contribution in [0, 0.1) is 13.8 Å². The molecular formula is C23H30N2O3. The van der Waals surface area contributed by atoms with E-state index < -0.39 is 6.10 Å². The highest BCUT2D eigenvalue weighted by molar-refractivity contribution is 5.81. The average Bonchev–Trinajstić information content (AvgIpc) is 2.74. The van der Waals surface area contributed by atoms with Crippen LogP contribution in [0.2, 0.25) is 0 Å². The second kappa shape index (κ2) is 9.00. The smallest absolute Gasteiger partial charge is 0.263 e. The van der Waals surface area contributed by atoms with Crippen molar-refractivity contribution in [1.29, 1.82) is 0 Å². The van der Waals surface area contributed by atoms with Crippen LogP contribution in [0.5, 0.6) is 11.5 Å². The zero-order valence-corrected chi connectivity index (χ0v) is 17.3. The molecule has 1 atom stereocenters. The lowest BCUT2D eigenvalue weighted by Crippen LogP contribution is -2.52. The summed E-state index contributed by atoms with van der Waals surface area (Å²) in [5, 5.41) is 0. The van der Waals surface area contributed by atoms with Gasteiger partial charge in [0.05, 0.1) is 7.11 Å². The number of benzene rings is 2. The Morgan fingerprint density at radius 1 is 1.00 bits per heavy atom. The first kappa shape index (κ1) is 20.1. The SMILES string of the molecule is CC[C@@H](Oc1ccc(OC)cc1)C(=O)N1CCN(c2cccc(C)c2C)CC1. The van der Waals surface area contributed by atoms with Crippen LogP contribution in [-0.4, -0.2) is 50.2 Å². The fraction of sp³-hybridized carbons (Fsp3) is 0.435. The lowest BCUT2D eigenvalue weighted by atomic mass is 10.1. The van der Waals surface area contributed by atoms with Crippen molar-refractivity contribution in [3.05, 3.63) is 53.6 Å². The van der Waals surface area contributed by atoms with Crippen LogP contribution in [-0.2, 0) is 4.79 Å². The number of nitrogens with zero attached hydrogens (tertiary/aromatic N) is 2. The van der Waals surface area contributed by atoms with Gasteiger partial charge >= 0.3 is 0 Å². The summed E-state index contributed by atoms with van der Waals surface area (Å²) in [5.41, 5.74) is 3.89. The van der Waals surface area contributed by atoms with Gasteiger partial charge in [-0.05, 0) is 61.7 Å². The molecule has 0 unspecified atom stereocenters. The van der Waals surface area contributed by atoms with E-state index in [0.29, 0.717) is 25.3 Å². The lowest BCUT2D eigenvalue weighted by molar-refractivity contribution is -0.139. The second-order valence-electron chi connectivity index (χ2n) is 7.22. The summed E-state index contributed by atoms with van der Waals surface area (Å²) in [6, 6.07) is 13.8. The van der Waals surface area contributed by atoms with Crippen molar-refractivity contribution in [3.8, 4) is 11.5 Å². The number of carbonyl (C=O) groups is 1. The molecule has 1 aliphatic rings. The number of ether oxygens (including phenoxy) is 2. The summed E-state index contributed by atoms with van der Waals surface area (Å²) in [6.45, 7) is 9.41. The lowest BCUT2D eigenvalue weighted by Gasteiger charge is -2.38. The predicted octanol–water partition coefficient (Wildman–Crippen LogP) is 3.82. The maximum atomic E-state index is 13.0. The fourth-order valence-corrected chi connectivity index (χ4v) is 3.58. The molecule has 2 aromatic carbocycles. The van der Waals surface area contributed by atoms with Gasteiger partial charge in [-0.25, -0.2) is 0 Å². The standard InChI is InChI=1S/C23H30N2O3/c1-5-22(28-20-11-9-19(27-4)10-12-20)23(26)25-15-13-24(14-16-25)21-8-6-7-17(2)18(21)3/h6-12,22H,5,13-16H2,1-4H3/t22-/m1/s1. The van der Waals surface area contributed by atoms with Crippen LogP contribution < -0.4 is 14.4 Å². The molecule has 1 amide bonds. The minimum Gasteiger partial charge on any atom is -0.497 e. The summed E-state index contributed by atoms with van der Waals surface area (Å²) in [4.78, 5) is 17.3. The van der Waals surface area contributed by atoms with E-state index in [4.69, 9.17) is 9.47 Å². The minimum absolute atomic E-state index is 0.0685. The topological polar surface area (TPSA) is 42.0 Å². The van der Waals surface area contributed by atoms with Crippen LogP contribution in [0.25, 0.3) is 0 Å². The molecule has 1 heterocycles. The van der Waals surface area contributed by atoms with Gasteiger partial charge in [0.25, 0.3) is 5.91 Å². The van der Waals surface area contributed by atoms with Crippen molar-refractivity contribution in [2.24, 2.45) is 0 Å². The molecule has 150 valence electrons. The molecule has 0 N–H and O–H groups in total. The van der Waals surface area contributed by atoms with E-state index in [9.17, 15) is 4.79 Å². The van der Waals surface area contributed by atoms with Gasteiger partial charge < -0.3 is 19.3 Å². The molecule has 3 rings (SSSR count). The van der Waals surface area contributed by atoms with E-state index >= 15 is 0 Å². The highest BCUT2D eigenvalue weighted by atomic mass is 16.5. The molecule has 1 fully saturated rings. The first-order chi connectivity index (χ1) is 13.5. The Morgan fingerprint density at radius 3 is 2.25 bits per heavy atom. The summed E-state index contributed by atoms with van der Waals surface area (Å²) >= 11 is 0. The molecule has 2 aromatic rings. The Morgan fingerprint density at radius 2 is 1.64 bits per heavy atom. The van der Waals surface area contributed by atoms with E-state index in [0.717, 1.165) is 18.8 Å². The Labute approximate surface area is 167 Å². The van der Waals surface area contributed by atoms with Gasteiger partial charge in [-0.15, -0.1) is 0 Å². The van der Waals surface area contributed by atoms with Crippen molar-refractivity contribution in [1.82, 2.24) is 4.90 Å². The number of carbonyl (C=O) groups excluding carboxylic acids is 1. The zero-order chi connectivity index (χ0) is 20.1. The van der Waals surface area contributed by atoms with Gasteiger partial charge in [-0.1, -0.05) is 19.1 Å². The predicted molar refractivity (Wildman–Crippen MR) is 112 cm³/mol. The van der Waals surface area contributed by atoms with Crippen molar-refractivity contribution < 1.29 is 14.3 Å². The number of piperazine rings is 1. The van der Waals surface area contributed by atoms with Gasteiger partial charge in [-0.2, -0.15) is 0 Å². The van der Waals surface area contributed by atoms with Crippen LogP contribution >= 0.6 is 0 Å². The third-order valence-corrected chi connectivity index (χ3v) is 5.49. The largest absolute Gasteiger partial charge is 0.497 e. The third kappa shape index (κ3) is 4.41. The number of amides is 1. The van der Waals surface area contributed by atoms with Crippen molar-refractivity contribution >= 4 is 11.6 Å². The monoisotopic (exact) mass is 382 g/mol. The van der Waals surface area contributed by atoms with E-state index in [-0.39, 0.29) is 5.91 Å². The molecule has 5 heteroatoms.